The van der Waals surface area contributed by atoms with Gasteiger partial charge in [-0.05, 0) is 104 Å². The van der Waals surface area contributed by atoms with Gasteiger partial charge in [0.2, 0.25) is 5.69 Å². The summed E-state index contributed by atoms with van der Waals surface area (Å²) in [6.45, 7) is 4.43. The quantitative estimate of drug-likeness (QED) is 0.451. The highest BCUT2D eigenvalue weighted by molar-refractivity contribution is 5.94. The summed E-state index contributed by atoms with van der Waals surface area (Å²) in [5.41, 5.74) is 7.49. The van der Waals surface area contributed by atoms with Crippen LogP contribution in [0.25, 0.3) is 22.0 Å². The van der Waals surface area contributed by atoms with Crippen molar-refractivity contribution in [3.63, 3.8) is 0 Å². The first-order valence-corrected chi connectivity index (χ1v) is 11.5. The Bertz CT molecular complexity index is 1090. The number of hydrogen-bond donors (Lipinski definition) is 0. The van der Waals surface area contributed by atoms with Gasteiger partial charge in [0.25, 0.3) is 0 Å². The highest BCUT2D eigenvalue weighted by atomic mass is 14.9. The van der Waals surface area contributed by atoms with Crippen LogP contribution >= 0.6 is 0 Å². The molecule has 4 fully saturated rings. The van der Waals surface area contributed by atoms with Crippen LogP contribution in [0.1, 0.15) is 55.2 Å². The van der Waals surface area contributed by atoms with Crippen LogP contribution in [-0.4, -0.2) is 0 Å². The monoisotopic (exact) mass is 382 g/mol. The molecule has 0 spiro atoms. The number of aromatic nitrogens is 1. The first-order valence-electron chi connectivity index (χ1n) is 11.5. The van der Waals surface area contributed by atoms with Gasteiger partial charge < -0.3 is 0 Å². The van der Waals surface area contributed by atoms with Gasteiger partial charge in [-0.15, -0.1) is 0 Å². The van der Waals surface area contributed by atoms with Crippen LogP contribution in [0.3, 0.4) is 0 Å². The van der Waals surface area contributed by atoms with Gasteiger partial charge in [0.15, 0.2) is 6.20 Å². The summed E-state index contributed by atoms with van der Waals surface area (Å²) >= 11 is 0. The van der Waals surface area contributed by atoms with Crippen molar-refractivity contribution in [2.45, 2.75) is 57.8 Å². The molecule has 1 aromatic heterocycles. The molecule has 29 heavy (non-hydrogen) atoms. The highest BCUT2D eigenvalue weighted by Crippen LogP contribution is 2.60. The Labute approximate surface area is 174 Å². The van der Waals surface area contributed by atoms with E-state index in [1.807, 2.05) is 0 Å². The normalized spacial score (nSPS) is 30.2. The van der Waals surface area contributed by atoms with Crippen molar-refractivity contribution in [2.75, 3.05) is 0 Å². The minimum absolute atomic E-state index is 0.473. The van der Waals surface area contributed by atoms with Crippen molar-refractivity contribution in [3.8, 4) is 11.3 Å². The number of benzene rings is 2. The lowest BCUT2D eigenvalue weighted by Crippen LogP contribution is -2.48. The fourth-order valence-corrected chi connectivity index (χ4v) is 7.49. The van der Waals surface area contributed by atoms with Crippen LogP contribution in [0.4, 0.5) is 0 Å². The van der Waals surface area contributed by atoms with Gasteiger partial charge in [-0.1, -0.05) is 29.8 Å². The molecule has 0 saturated heterocycles. The smallest absolute Gasteiger partial charge is 0.200 e. The zero-order valence-electron chi connectivity index (χ0n) is 18.0. The standard InChI is InChI=1S/C28H32N/c1-18-4-5-19(2)26(10-18)27-25-7-6-24(14-23(25)8-9-29(27)3)28-15-20-11-21(16-28)13-22(12-20)17-28/h4-10,14,20-22H,11-13,15-17H2,1-3H3/q+1. The lowest BCUT2D eigenvalue weighted by atomic mass is 9.48. The molecule has 0 radical (unpaired) electrons. The molecule has 4 aliphatic carbocycles. The summed E-state index contributed by atoms with van der Waals surface area (Å²) in [5.74, 6) is 2.99. The first kappa shape index (κ1) is 17.7. The van der Waals surface area contributed by atoms with E-state index >= 15 is 0 Å². The van der Waals surface area contributed by atoms with Crippen LogP contribution in [0.15, 0.2) is 48.7 Å². The summed E-state index contributed by atoms with van der Waals surface area (Å²) in [6, 6.07) is 16.6. The van der Waals surface area contributed by atoms with Crippen molar-refractivity contribution in [1.82, 2.24) is 0 Å². The molecule has 0 aliphatic heterocycles. The molecule has 4 saturated carbocycles. The zero-order chi connectivity index (χ0) is 19.8. The van der Waals surface area contributed by atoms with Crippen molar-refractivity contribution < 1.29 is 4.57 Å². The predicted octanol–water partition coefficient (Wildman–Crippen LogP) is 6.42. The predicted molar refractivity (Wildman–Crippen MR) is 120 cm³/mol. The average molecular weight is 383 g/mol. The molecule has 0 N–H and O–H groups in total. The fraction of sp³-hybridized carbons (Fsp3) is 0.464. The van der Waals surface area contributed by atoms with E-state index in [0.717, 1.165) is 17.8 Å². The zero-order valence-corrected chi connectivity index (χ0v) is 18.0. The van der Waals surface area contributed by atoms with E-state index in [1.54, 1.807) is 5.56 Å². The molecule has 0 unspecified atom stereocenters. The van der Waals surface area contributed by atoms with Gasteiger partial charge in [0.05, 0.1) is 5.39 Å². The minimum Gasteiger partial charge on any atom is -0.200 e. The summed E-state index contributed by atoms with van der Waals surface area (Å²) in [4.78, 5) is 0. The Morgan fingerprint density at radius 3 is 2.21 bits per heavy atom. The lowest BCUT2D eigenvalue weighted by molar-refractivity contribution is -0.659. The van der Waals surface area contributed by atoms with Gasteiger partial charge in [-0.25, -0.2) is 4.57 Å². The van der Waals surface area contributed by atoms with Crippen molar-refractivity contribution in [1.29, 1.82) is 0 Å². The van der Waals surface area contributed by atoms with Gasteiger partial charge in [-0.3, -0.25) is 0 Å². The highest BCUT2D eigenvalue weighted by Gasteiger charge is 2.51. The van der Waals surface area contributed by atoms with E-state index in [2.05, 4.69) is 74.1 Å². The molecular weight excluding hydrogens is 350 g/mol. The van der Waals surface area contributed by atoms with Crippen molar-refractivity contribution >= 4 is 10.8 Å². The molecule has 1 nitrogen and oxygen atoms in total. The number of nitrogens with zero attached hydrogens (tertiary/aromatic N) is 1. The Morgan fingerprint density at radius 1 is 0.828 bits per heavy atom. The largest absolute Gasteiger partial charge is 0.220 e. The van der Waals surface area contributed by atoms with E-state index in [0.29, 0.717) is 5.41 Å². The second-order valence-corrected chi connectivity index (χ2v) is 10.6. The van der Waals surface area contributed by atoms with Crippen LogP contribution < -0.4 is 4.57 Å². The Morgan fingerprint density at radius 2 is 1.52 bits per heavy atom. The van der Waals surface area contributed by atoms with E-state index in [-0.39, 0.29) is 0 Å². The Kier molecular flexibility index (Phi) is 3.77. The van der Waals surface area contributed by atoms with Crippen molar-refractivity contribution in [2.24, 2.45) is 24.8 Å². The molecule has 0 atom stereocenters. The Balaban J connectivity index is 1.50. The molecule has 148 valence electrons. The molecular formula is C28H32N+. The molecule has 7 rings (SSSR count). The third kappa shape index (κ3) is 2.70. The molecule has 4 bridgehead atoms. The van der Waals surface area contributed by atoms with E-state index in [4.69, 9.17) is 0 Å². The molecule has 1 heteroatoms. The molecule has 0 amide bonds. The summed E-state index contributed by atoms with van der Waals surface area (Å²) in [7, 11) is 2.18. The minimum atomic E-state index is 0.473. The fourth-order valence-electron chi connectivity index (χ4n) is 7.49. The summed E-state index contributed by atoms with van der Waals surface area (Å²) in [6.07, 6.45) is 11.1. The second kappa shape index (κ2) is 6.17. The Hall–Kier alpha value is -2.15. The van der Waals surface area contributed by atoms with E-state index in [9.17, 15) is 0 Å². The molecule has 2 aromatic carbocycles. The van der Waals surface area contributed by atoms with Gasteiger partial charge >= 0.3 is 0 Å². The average Bonchev–Trinajstić information content (AvgIpc) is 2.69. The molecule has 3 aromatic rings. The van der Waals surface area contributed by atoms with Crippen molar-refractivity contribution in [3.05, 3.63) is 65.4 Å². The van der Waals surface area contributed by atoms with Crippen LogP contribution in [0.5, 0.6) is 0 Å². The summed E-state index contributed by atoms with van der Waals surface area (Å²) in [5, 5.41) is 2.80. The van der Waals surface area contributed by atoms with Gasteiger partial charge in [0.1, 0.15) is 7.05 Å². The number of fused-ring (bicyclic) bond motifs is 1. The maximum atomic E-state index is 2.55. The first-order chi connectivity index (χ1) is 14.0. The van der Waals surface area contributed by atoms with E-state index in [1.165, 1.54) is 71.7 Å². The number of hydrogen-bond acceptors (Lipinski definition) is 0. The van der Waals surface area contributed by atoms with Gasteiger partial charge in [0, 0.05) is 11.6 Å². The molecule has 4 aliphatic rings. The number of aryl methyl sites for hydroxylation is 3. The maximum absolute atomic E-state index is 2.55. The lowest BCUT2D eigenvalue weighted by Gasteiger charge is -2.57. The summed E-state index contributed by atoms with van der Waals surface area (Å²) < 4.78 is 2.30. The number of rotatable bonds is 2. The van der Waals surface area contributed by atoms with Crippen LogP contribution in [-0.2, 0) is 12.5 Å². The van der Waals surface area contributed by atoms with Gasteiger partial charge in [-0.2, -0.15) is 0 Å². The third-order valence-corrected chi connectivity index (χ3v) is 8.44. The SMILES string of the molecule is Cc1ccc(C)c(-c2c3ccc(C45CC6CC(CC(C6)C4)C5)cc3cc[n+]2C)c1. The third-order valence-electron chi connectivity index (χ3n) is 8.44. The topological polar surface area (TPSA) is 3.88 Å². The van der Waals surface area contributed by atoms with E-state index < -0.39 is 0 Å². The molecule has 1 heterocycles. The van der Waals surface area contributed by atoms with Crippen LogP contribution in [0, 0.1) is 31.6 Å². The maximum Gasteiger partial charge on any atom is 0.220 e. The van der Waals surface area contributed by atoms with Crippen LogP contribution in [0.2, 0.25) is 0 Å². The second-order valence-electron chi connectivity index (χ2n) is 10.6. The number of pyridine rings is 1.